The molecule has 2 N–H and O–H groups in total. The van der Waals surface area contributed by atoms with E-state index in [1.807, 2.05) is 18.2 Å². The third-order valence-corrected chi connectivity index (χ3v) is 4.07. The van der Waals surface area contributed by atoms with Crippen molar-refractivity contribution in [3.8, 4) is 5.75 Å². The summed E-state index contributed by atoms with van der Waals surface area (Å²) < 4.78 is 10.9. The average Bonchev–Trinajstić information content (AvgIpc) is 3.19. The number of anilines is 1. The third kappa shape index (κ3) is 5.07. The van der Waals surface area contributed by atoms with Crippen LogP contribution in [0.25, 0.3) is 0 Å². The molecule has 0 saturated carbocycles. The molecule has 1 fully saturated rings. The fraction of sp³-hybridized carbons (Fsp3) is 0.300. The summed E-state index contributed by atoms with van der Waals surface area (Å²) in [4.78, 5) is 24.6. The van der Waals surface area contributed by atoms with E-state index in [9.17, 15) is 9.59 Å². The van der Waals surface area contributed by atoms with E-state index in [4.69, 9.17) is 9.47 Å². The predicted molar refractivity (Wildman–Crippen MR) is 98.3 cm³/mol. The maximum absolute atomic E-state index is 12.4. The first-order valence-electron chi connectivity index (χ1n) is 8.69. The molecule has 6 heteroatoms. The molecule has 0 spiro atoms. The number of carbonyl (C=O) groups is 2. The molecule has 2 amide bonds. The minimum atomic E-state index is -0.326. The Kier molecular flexibility index (Phi) is 6.22. The summed E-state index contributed by atoms with van der Waals surface area (Å²) in [6.45, 7) is 1.09. The van der Waals surface area contributed by atoms with Gasteiger partial charge in [0, 0.05) is 13.2 Å². The minimum absolute atomic E-state index is 0.0694. The molecule has 1 heterocycles. The standard InChI is InChI=1S/C20H22N2O4/c23-19(14-26-15-7-2-1-3-8-15)22-18-11-5-4-10-17(18)20(24)21-13-16-9-6-12-25-16/h1-5,7-8,10-11,16H,6,9,12-14H2,(H,21,24)(H,22,23)/t16-/m1/s1. The van der Waals surface area contributed by atoms with Crippen molar-refractivity contribution in [3.05, 3.63) is 60.2 Å². The van der Waals surface area contributed by atoms with Crippen LogP contribution in [0.3, 0.4) is 0 Å². The highest BCUT2D eigenvalue weighted by atomic mass is 16.5. The van der Waals surface area contributed by atoms with Gasteiger partial charge in [-0.3, -0.25) is 9.59 Å². The number of hydrogen-bond acceptors (Lipinski definition) is 4. The van der Waals surface area contributed by atoms with Crippen LogP contribution < -0.4 is 15.4 Å². The van der Waals surface area contributed by atoms with E-state index in [0.29, 0.717) is 23.5 Å². The fourth-order valence-electron chi connectivity index (χ4n) is 2.75. The molecule has 1 aliphatic heterocycles. The molecule has 26 heavy (non-hydrogen) atoms. The van der Waals surface area contributed by atoms with Crippen LogP contribution in [0.4, 0.5) is 5.69 Å². The highest BCUT2D eigenvalue weighted by Gasteiger charge is 2.18. The normalized spacial score (nSPS) is 16.1. The quantitative estimate of drug-likeness (QED) is 0.801. The molecule has 0 radical (unpaired) electrons. The van der Waals surface area contributed by atoms with Crippen molar-refractivity contribution in [3.63, 3.8) is 0 Å². The molecule has 6 nitrogen and oxygen atoms in total. The van der Waals surface area contributed by atoms with Gasteiger partial charge in [-0.2, -0.15) is 0 Å². The lowest BCUT2D eigenvalue weighted by molar-refractivity contribution is -0.118. The summed E-state index contributed by atoms with van der Waals surface area (Å²) in [5, 5.41) is 5.60. The van der Waals surface area contributed by atoms with Crippen LogP contribution in [0.1, 0.15) is 23.2 Å². The van der Waals surface area contributed by atoms with E-state index >= 15 is 0 Å². The fourth-order valence-corrected chi connectivity index (χ4v) is 2.75. The number of carbonyl (C=O) groups excluding carboxylic acids is 2. The van der Waals surface area contributed by atoms with Gasteiger partial charge < -0.3 is 20.1 Å². The van der Waals surface area contributed by atoms with Gasteiger partial charge in [-0.05, 0) is 37.1 Å². The monoisotopic (exact) mass is 354 g/mol. The Morgan fingerprint density at radius 1 is 1.08 bits per heavy atom. The molecule has 2 aromatic rings. The molecular formula is C20H22N2O4. The van der Waals surface area contributed by atoms with E-state index in [-0.39, 0.29) is 24.5 Å². The SMILES string of the molecule is O=C(COc1ccccc1)Nc1ccccc1C(=O)NC[C@H]1CCCO1. The molecule has 1 saturated heterocycles. The lowest BCUT2D eigenvalue weighted by Crippen LogP contribution is -2.32. The van der Waals surface area contributed by atoms with Gasteiger partial charge in [-0.1, -0.05) is 30.3 Å². The largest absolute Gasteiger partial charge is 0.484 e. The molecule has 1 atom stereocenters. The number of ether oxygens (including phenoxy) is 2. The first-order chi connectivity index (χ1) is 12.7. The van der Waals surface area contributed by atoms with Crippen LogP contribution >= 0.6 is 0 Å². The Balaban J connectivity index is 1.55. The van der Waals surface area contributed by atoms with Gasteiger partial charge in [0.15, 0.2) is 6.61 Å². The number of nitrogens with one attached hydrogen (secondary N) is 2. The zero-order chi connectivity index (χ0) is 18.2. The van der Waals surface area contributed by atoms with Crippen LogP contribution in [0.5, 0.6) is 5.75 Å². The van der Waals surface area contributed by atoms with Gasteiger partial charge in [-0.25, -0.2) is 0 Å². The second kappa shape index (κ2) is 9.01. The first kappa shape index (κ1) is 17.9. The maximum Gasteiger partial charge on any atom is 0.262 e. The van der Waals surface area contributed by atoms with Crippen molar-refractivity contribution in [1.82, 2.24) is 5.32 Å². The van der Waals surface area contributed by atoms with E-state index in [0.717, 1.165) is 19.4 Å². The smallest absolute Gasteiger partial charge is 0.262 e. The predicted octanol–water partition coefficient (Wildman–Crippen LogP) is 2.61. The average molecular weight is 354 g/mol. The number of para-hydroxylation sites is 2. The topological polar surface area (TPSA) is 76.7 Å². The van der Waals surface area contributed by atoms with Crippen molar-refractivity contribution >= 4 is 17.5 Å². The van der Waals surface area contributed by atoms with Crippen LogP contribution in [-0.2, 0) is 9.53 Å². The van der Waals surface area contributed by atoms with Gasteiger partial charge in [0.25, 0.3) is 11.8 Å². The van der Waals surface area contributed by atoms with E-state index in [1.165, 1.54) is 0 Å². The zero-order valence-electron chi connectivity index (χ0n) is 14.4. The summed E-state index contributed by atoms with van der Waals surface area (Å²) in [5.74, 6) is 0.0545. The maximum atomic E-state index is 12.4. The lowest BCUT2D eigenvalue weighted by Gasteiger charge is -2.14. The second-order valence-corrected chi connectivity index (χ2v) is 6.04. The van der Waals surface area contributed by atoms with Gasteiger partial charge in [0.1, 0.15) is 5.75 Å². The molecule has 136 valence electrons. The van der Waals surface area contributed by atoms with Crippen molar-refractivity contribution in [2.24, 2.45) is 0 Å². The molecular weight excluding hydrogens is 332 g/mol. The zero-order valence-corrected chi connectivity index (χ0v) is 14.4. The van der Waals surface area contributed by atoms with Crippen molar-refractivity contribution < 1.29 is 19.1 Å². The Hall–Kier alpha value is -2.86. The molecule has 0 aliphatic carbocycles. The Bertz CT molecular complexity index is 742. The molecule has 0 bridgehead atoms. The number of amides is 2. The molecule has 2 aromatic carbocycles. The number of benzene rings is 2. The van der Waals surface area contributed by atoms with Crippen molar-refractivity contribution in [1.29, 1.82) is 0 Å². The molecule has 0 aromatic heterocycles. The molecule has 1 aliphatic rings. The molecule has 0 unspecified atom stereocenters. The Morgan fingerprint density at radius 2 is 1.85 bits per heavy atom. The van der Waals surface area contributed by atoms with Gasteiger partial charge in [0.05, 0.1) is 17.4 Å². The Labute approximate surface area is 152 Å². The summed E-state index contributed by atoms with van der Waals surface area (Å²) >= 11 is 0. The summed E-state index contributed by atoms with van der Waals surface area (Å²) in [6, 6.07) is 16.0. The van der Waals surface area contributed by atoms with E-state index < -0.39 is 0 Å². The summed E-state index contributed by atoms with van der Waals surface area (Å²) in [7, 11) is 0. The second-order valence-electron chi connectivity index (χ2n) is 6.04. The van der Waals surface area contributed by atoms with Gasteiger partial charge in [-0.15, -0.1) is 0 Å². The van der Waals surface area contributed by atoms with Crippen molar-refractivity contribution in [2.75, 3.05) is 25.1 Å². The highest BCUT2D eigenvalue weighted by molar-refractivity contribution is 6.04. The van der Waals surface area contributed by atoms with E-state index in [1.54, 1.807) is 36.4 Å². The van der Waals surface area contributed by atoms with Crippen LogP contribution in [0.2, 0.25) is 0 Å². The van der Waals surface area contributed by atoms with Crippen LogP contribution in [0, 0.1) is 0 Å². The molecule has 3 rings (SSSR count). The Morgan fingerprint density at radius 3 is 2.62 bits per heavy atom. The minimum Gasteiger partial charge on any atom is -0.484 e. The van der Waals surface area contributed by atoms with Crippen LogP contribution in [-0.4, -0.2) is 37.7 Å². The van der Waals surface area contributed by atoms with Gasteiger partial charge >= 0.3 is 0 Å². The van der Waals surface area contributed by atoms with E-state index in [2.05, 4.69) is 10.6 Å². The summed E-state index contributed by atoms with van der Waals surface area (Å²) in [5.41, 5.74) is 0.873. The number of rotatable bonds is 7. The third-order valence-electron chi connectivity index (χ3n) is 4.07. The lowest BCUT2D eigenvalue weighted by atomic mass is 10.1. The highest BCUT2D eigenvalue weighted by Crippen LogP contribution is 2.16. The van der Waals surface area contributed by atoms with Crippen LogP contribution in [0.15, 0.2) is 54.6 Å². The van der Waals surface area contributed by atoms with Gasteiger partial charge in [0.2, 0.25) is 0 Å². The number of hydrogen-bond donors (Lipinski definition) is 2. The van der Waals surface area contributed by atoms with Crippen molar-refractivity contribution in [2.45, 2.75) is 18.9 Å². The first-order valence-corrected chi connectivity index (χ1v) is 8.69. The summed E-state index contributed by atoms with van der Waals surface area (Å²) in [6.07, 6.45) is 2.05.